The molecule has 0 saturated heterocycles. The van der Waals surface area contributed by atoms with E-state index in [9.17, 15) is 18.4 Å². The summed E-state index contributed by atoms with van der Waals surface area (Å²) in [6, 6.07) is 0. The second-order valence-corrected chi connectivity index (χ2v) is 1.85. The highest BCUT2D eigenvalue weighted by Crippen LogP contribution is 2.25. The highest BCUT2D eigenvalue weighted by Gasteiger charge is 2.35. The van der Waals surface area contributed by atoms with Gasteiger partial charge < -0.3 is 5.21 Å². The Morgan fingerprint density at radius 2 is 2.00 bits per heavy atom. The number of aromatic nitrogens is 3. The Balaban J connectivity index is 3.08. The molecular weight excluding hydrogens is 163 g/mol. The minimum Gasteiger partial charge on any atom is -0.789 e. The molecule has 0 N–H and O–H groups in total. The number of rotatable bonds is 0. The van der Waals surface area contributed by atoms with Crippen LogP contribution in [0.25, 0.3) is 0 Å². The molecule has 1 aromatic heterocycles. The number of nitrogens with zero attached hydrogens (tertiary/aromatic N) is 3. The van der Waals surface area contributed by atoms with E-state index in [4.69, 9.17) is 0 Å². The predicted octanol–water partition coefficient (Wildman–Crippen LogP) is 0.951. The fourth-order valence-corrected chi connectivity index (χ4v) is 0.497. The van der Waals surface area contributed by atoms with Crippen LogP contribution in [0.15, 0.2) is 0 Å². The van der Waals surface area contributed by atoms with Gasteiger partial charge in [0.15, 0.2) is 0 Å². The number of halogens is 3. The van der Waals surface area contributed by atoms with Gasteiger partial charge in [0.2, 0.25) is 0 Å². The lowest BCUT2D eigenvalue weighted by Gasteiger charge is -2.02. The summed E-state index contributed by atoms with van der Waals surface area (Å²) in [6.07, 6.45) is -4.64. The maximum Gasteiger partial charge on any atom is 0.453 e. The van der Waals surface area contributed by atoms with Crippen molar-refractivity contribution in [1.82, 2.24) is 14.9 Å². The first-order valence-electron chi connectivity index (χ1n) is 2.59. The third-order valence-electron chi connectivity index (χ3n) is 0.984. The topological polar surface area (TPSA) is 53.8 Å². The first-order valence-corrected chi connectivity index (χ1v) is 2.59. The van der Waals surface area contributed by atoms with Crippen LogP contribution in [0.5, 0.6) is 0 Å². The Labute approximate surface area is 59.2 Å². The smallest absolute Gasteiger partial charge is 0.453 e. The van der Waals surface area contributed by atoms with Crippen LogP contribution < -0.4 is 0 Å². The van der Waals surface area contributed by atoms with Crippen molar-refractivity contribution in [2.24, 2.45) is 0 Å². The number of aryl methyl sites for hydroxylation is 1. The molecule has 0 atom stereocenters. The summed E-state index contributed by atoms with van der Waals surface area (Å²) in [5, 5.41) is 12.9. The normalized spacial score (nSPS) is 12.0. The third kappa shape index (κ3) is 1.41. The molecule has 62 valence electrons. The van der Waals surface area contributed by atoms with Gasteiger partial charge in [-0.15, -0.1) is 0 Å². The molecule has 0 saturated carbocycles. The maximum absolute atomic E-state index is 11.7. The number of alkyl halides is 3. The standard InChI is InChI=1S/C4H3F3N3O/c1-2-8-3(4(5,6)7)9-10(2)11/h1H3/q-1. The van der Waals surface area contributed by atoms with Crippen molar-refractivity contribution in [2.45, 2.75) is 13.1 Å². The Morgan fingerprint density at radius 3 is 2.18 bits per heavy atom. The molecule has 0 unspecified atom stereocenters. The average molecular weight is 166 g/mol. The second kappa shape index (κ2) is 2.11. The number of hydrogen-bond acceptors (Lipinski definition) is 3. The molecule has 1 rings (SSSR count). The Morgan fingerprint density at radius 1 is 1.45 bits per heavy atom. The summed E-state index contributed by atoms with van der Waals surface area (Å²) in [4.78, 5) is 2.73. The number of hydrogen-bond donors (Lipinski definition) is 0. The molecule has 0 bridgehead atoms. The molecule has 0 radical (unpaired) electrons. The fraction of sp³-hybridized carbons (Fsp3) is 0.500. The summed E-state index contributed by atoms with van der Waals surface area (Å²) in [7, 11) is 0. The molecule has 0 aliphatic rings. The largest absolute Gasteiger partial charge is 0.789 e. The first kappa shape index (κ1) is 7.83. The van der Waals surface area contributed by atoms with Crippen LogP contribution >= 0.6 is 0 Å². The van der Waals surface area contributed by atoms with E-state index >= 15 is 0 Å². The van der Waals surface area contributed by atoms with Crippen LogP contribution in [0.4, 0.5) is 13.2 Å². The van der Waals surface area contributed by atoms with Crippen molar-refractivity contribution in [3.05, 3.63) is 16.9 Å². The maximum atomic E-state index is 11.7. The van der Waals surface area contributed by atoms with Crippen molar-refractivity contribution in [2.75, 3.05) is 0 Å². The average Bonchev–Trinajstić information content (AvgIpc) is 2.11. The van der Waals surface area contributed by atoms with E-state index in [-0.39, 0.29) is 10.7 Å². The zero-order valence-corrected chi connectivity index (χ0v) is 5.38. The molecule has 4 nitrogen and oxygen atoms in total. The van der Waals surface area contributed by atoms with E-state index < -0.39 is 12.0 Å². The SMILES string of the molecule is Cc1nc(C(F)(F)F)nn1[O-]. The fourth-order valence-electron chi connectivity index (χ4n) is 0.497. The first-order chi connectivity index (χ1) is 4.91. The Hall–Kier alpha value is -1.27. The Bertz CT molecular complexity index is 247. The Kier molecular flexibility index (Phi) is 1.50. The van der Waals surface area contributed by atoms with E-state index in [2.05, 4.69) is 10.1 Å². The van der Waals surface area contributed by atoms with Gasteiger partial charge in [-0.25, -0.2) is 4.98 Å². The lowest BCUT2D eigenvalue weighted by Crippen LogP contribution is -2.07. The molecule has 0 aliphatic carbocycles. The summed E-state index contributed by atoms with van der Waals surface area (Å²) in [6.45, 7) is 1.15. The highest BCUT2D eigenvalue weighted by molar-refractivity contribution is 4.95. The molecule has 1 aromatic rings. The molecule has 7 heteroatoms. The van der Waals surface area contributed by atoms with Gasteiger partial charge in [-0.2, -0.15) is 18.3 Å². The van der Waals surface area contributed by atoms with Crippen LogP contribution in [-0.2, 0) is 6.18 Å². The van der Waals surface area contributed by atoms with Gasteiger partial charge >= 0.3 is 6.18 Å². The van der Waals surface area contributed by atoms with Gasteiger partial charge in [-0.05, 0) is 6.92 Å². The minimum atomic E-state index is -4.64. The molecule has 11 heavy (non-hydrogen) atoms. The lowest BCUT2D eigenvalue weighted by molar-refractivity contribution is -0.144. The van der Waals surface area contributed by atoms with E-state index in [0.717, 1.165) is 6.92 Å². The van der Waals surface area contributed by atoms with Crippen molar-refractivity contribution in [3.8, 4) is 0 Å². The van der Waals surface area contributed by atoms with Crippen LogP contribution in [0.3, 0.4) is 0 Å². The molecule has 0 spiro atoms. The van der Waals surface area contributed by atoms with Crippen molar-refractivity contribution < 1.29 is 13.2 Å². The summed E-state index contributed by atoms with van der Waals surface area (Å²) >= 11 is 0. The van der Waals surface area contributed by atoms with Gasteiger partial charge in [0, 0.05) is 0 Å². The molecule has 0 fully saturated rings. The highest BCUT2D eigenvalue weighted by atomic mass is 19.4. The zero-order valence-electron chi connectivity index (χ0n) is 5.38. The van der Waals surface area contributed by atoms with Crippen LogP contribution in [0.1, 0.15) is 11.6 Å². The molecule has 1 heterocycles. The summed E-state index contributed by atoms with van der Waals surface area (Å²) in [5.41, 5.74) is 0. The van der Waals surface area contributed by atoms with E-state index in [0.29, 0.717) is 0 Å². The van der Waals surface area contributed by atoms with Crippen LogP contribution in [-0.4, -0.2) is 14.9 Å². The molecule has 0 aromatic carbocycles. The van der Waals surface area contributed by atoms with Crippen LogP contribution in [0, 0.1) is 12.1 Å². The summed E-state index contributed by atoms with van der Waals surface area (Å²) < 4.78 is 35.1. The quantitative estimate of drug-likeness (QED) is 0.576. The van der Waals surface area contributed by atoms with Crippen molar-refractivity contribution in [1.29, 1.82) is 0 Å². The monoisotopic (exact) mass is 166 g/mol. The van der Waals surface area contributed by atoms with Crippen LogP contribution in [0.2, 0.25) is 0 Å². The minimum absolute atomic E-state index is 0.164. The van der Waals surface area contributed by atoms with Gasteiger partial charge in [-0.1, -0.05) is 0 Å². The third-order valence-corrected chi connectivity index (χ3v) is 0.984. The van der Waals surface area contributed by atoms with Gasteiger partial charge in [0.1, 0.15) is 5.82 Å². The summed E-state index contributed by atoms with van der Waals surface area (Å²) in [5.74, 6) is -1.71. The van der Waals surface area contributed by atoms with Gasteiger partial charge in [-0.3, -0.25) is 4.85 Å². The van der Waals surface area contributed by atoms with E-state index in [1.807, 2.05) is 0 Å². The molecule has 0 amide bonds. The molecule has 0 aliphatic heterocycles. The molecular formula is C4H3F3N3O-. The van der Waals surface area contributed by atoms with Gasteiger partial charge in [0.05, 0.1) is 0 Å². The van der Waals surface area contributed by atoms with Crippen molar-refractivity contribution in [3.63, 3.8) is 0 Å². The second-order valence-electron chi connectivity index (χ2n) is 1.85. The lowest BCUT2D eigenvalue weighted by atomic mass is 10.6. The van der Waals surface area contributed by atoms with Crippen molar-refractivity contribution >= 4 is 0 Å². The zero-order chi connectivity index (χ0) is 8.65. The van der Waals surface area contributed by atoms with E-state index in [1.165, 1.54) is 0 Å². The van der Waals surface area contributed by atoms with Gasteiger partial charge in [0.25, 0.3) is 5.82 Å². The van der Waals surface area contributed by atoms with E-state index in [1.54, 1.807) is 0 Å². The predicted molar refractivity (Wildman–Crippen MR) is 28.5 cm³/mol.